The van der Waals surface area contributed by atoms with Gasteiger partial charge in [-0.1, -0.05) is 0 Å². The summed E-state index contributed by atoms with van der Waals surface area (Å²) < 4.78 is 4.33. The molecule has 0 aliphatic carbocycles. The molecule has 0 unspecified atom stereocenters. The monoisotopic (exact) mass is 342 g/mol. The molecule has 0 amide bonds. The number of benzene rings is 1. The van der Waals surface area contributed by atoms with E-state index >= 15 is 0 Å². The van der Waals surface area contributed by atoms with Crippen LogP contribution in [0.5, 0.6) is 0 Å². The van der Waals surface area contributed by atoms with E-state index in [0.717, 1.165) is 0 Å². The van der Waals surface area contributed by atoms with Crippen molar-refractivity contribution < 1.29 is 35.4 Å². The second kappa shape index (κ2) is 4.38. The van der Waals surface area contributed by atoms with Gasteiger partial charge in [0.2, 0.25) is 0 Å². The standard InChI is InChI=1S/C8H3O3.B.W/c9-7-5-3-1-2-4-6(5)8(10)11-7;;/h1,3-4H;;/q-1;;. The Hall–Kier alpha value is -0.887. The molecular formula is C8H3BO3W-. The number of hydrogen-bond acceptors (Lipinski definition) is 3. The van der Waals surface area contributed by atoms with E-state index in [1.807, 2.05) is 0 Å². The van der Waals surface area contributed by atoms with Crippen LogP contribution in [0.3, 0.4) is 0 Å². The smallest absolute Gasteiger partial charge is 0.321 e. The summed E-state index contributed by atoms with van der Waals surface area (Å²) in [6.07, 6.45) is 0. The summed E-state index contributed by atoms with van der Waals surface area (Å²) in [6, 6.07) is 7.22. The van der Waals surface area contributed by atoms with Gasteiger partial charge in [-0.25, -0.2) is 4.79 Å². The average molecular weight is 342 g/mol. The molecule has 1 aromatic carbocycles. The predicted molar refractivity (Wildman–Crippen MR) is 40.8 cm³/mol. The Labute approximate surface area is 91.3 Å². The summed E-state index contributed by atoms with van der Waals surface area (Å²) in [5.41, 5.74) is 0.631. The topological polar surface area (TPSA) is 43.4 Å². The van der Waals surface area contributed by atoms with E-state index in [2.05, 4.69) is 10.8 Å². The van der Waals surface area contributed by atoms with E-state index in [0.29, 0.717) is 11.1 Å². The molecule has 0 fully saturated rings. The zero-order chi connectivity index (χ0) is 7.84. The van der Waals surface area contributed by atoms with Gasteiger partial charge in [-0.2, -0.15) is 24.3 Å². The minimum absolute atomic E-state index is 0. The molecule has 1 heterocycles. The summed E-state index contributed by atoms with van der Waals surface area (Å²) in [5.74, 6) is -1.15. The first kappa shape index (κ1) is 12.1. The van der Waals surface area contributed by atoms with Gasteiger partial charge in [0.1, 0.15) is 0 Å². The minimum Gasteiger partial charge on any atom is -0.397 e. The fourth-order valence-corrected chi connectivity index (χ4v) is 0.971. The van der Waals surface area contributed by atoms with Gasteiger partial charge in [0.25, 0.3) is 5.97 Å². The van der Waals surface area contributed by atoms with E-state index < -0.39 is 11.9 Å². The van der Waals surface area contributed by atoms with E-state index in [4.69, 9.17) is 0 Å². The summed E-state index contributed by atoms with van der Waals surface area (Å²) in [5, 5.41) is 0. The van der Waals surface area contributed by atoms with Crippen molar-refractivity contribution in [2.45, 2.75) is 0 Å². The first-order chi connectivity index (χ1) is 5.29. The van der Waals surface area contributed by atoms with Gasteiger partial charge in [0.15, 0.2) is 0 Å². The molecule has 0 aromatic heterocycles. The Balaban J connectivity index is 0.000000720. The predicted octanol–water partition coefficient (Wildman–Crippen LogP) is 0.414. The average Bonchev–Trinajstić information content (AvgIpc) is 2.30. The molecule has 0 bridgehead atoms. The van der Waals surface area contributed by atoms with Crippen LogP contribution >= 0.6 is 0 Å². The molecule has 2 rings (SSSR count). The fraction of sp³-hybridized carbons (Fsp3) is 0. The largest absolute Gasteiger partial charge is 0.397 e. The van der Waals surface area contributed by atoms with Crippen molar-refractivity contribution in [3.05, 3.63) is 35.4 Å². The SMILES string of the molecule is O=C1OC(=O)c2cc[c-]cc21.[B].[W]. The van der Waals surface area contributed by atoms with E-state index in [1.54, 1.807) is 6.07 Å². The molecule has 3 radical (unpaired) electrons. The number of rotatable bonds is 0. The number of cyclic esters (lactones) is 2. The normalized spacial score (nSPS) is 12.3. The summed E-state index contributed by atoms with van der Waals surface area (Å²) in [4.78, 5) is 21.6. The van der Waals surface area contributed by atoms with Crippen molar-refractivity contribution in [1.82, 2.24) is 0 Å². The van der Waals surface area contributed by atoms with Gasteiger partial charge in [-0.3, -0.25) is 4.79 Å². The number of esters is 2. The van der Waals surface area contributed by atoms with E-state index in [-0.39, 0.29) is 29.5 Å². The summed E-state index contributed by atoms with van der Waals surface area (Å²) in [7, 11) is 0. The van der Waals surface area contributed by atoms with Crippen LogP contribution in [0.2, 0.25) is 0 Å². The number of carbonyl (C=O) groups excluding carboxylic acids is 2. The van der Waals surface area contributed by atoms with E-state index in [9.17, 15) is 9.59 Å². The zero-order valence-electron chi connectivity index (χ0n) is 6.44. The number of fused-ring (bicyclic) bond motifs is 1. The number of hydrogen-bond donors (Lipinski definition) is 0. The Kier molecular flexibility index (Phi) is 4.08. The quantitative estimate of drug-likeness (QED) is 0.297. The molecule has 63 valence electrons. The molecule has 0 saturated carbocycles. The third-order valence-electron chi connectivity index (χ3n) is 1.49. The molecule has 0 spiro atoms. The van der Waals surface area contributed by atoms with Crippen molar-refractivity contribution in [2.75, 3.05) is 0 Å². The molecule has 3 nitrogen and oxygen atoms in total. The molecule has 5 heteroatoms. The Morgan fingerprint density at radius 1 is 1.15 bits per heavy atom. The fourth-order valence-electron chi connectivity index (χ4n) is 0.971. The third-order valence-corrected chi connectivity index (χ3v) is 1.49. The molecule has 1 aliphatic rings. The number of carbonyl (C=O) groups is 2. The van der Waals surface area contributed by atoms with Crippen LogP contribution in [-0.2, 0) is 25.8 Å². The van der Waals surface area contributed by atoms with Crippen LogP contribution in [0.15, 0.2) is 18.2 Å². The molecule has 1 aliphatic heterocycles. The van der Waals surface area contributed by atoms with Crippen molar-refractivity contribution in [2.24, 2.45) is 0 Å². The van der Waals surface area contributed by atoms with Gasteiger partial charge in [0.05, 0.1) is 0 Å². The molecular weight excluding hydrogens is 339 g/mol. The van der Waals surface area contributed by atoms with Gasteiger partial charge >= 0.3 is 5.97 Å². The van der Waals surface area contributed by atoms with Crippen LogP contribution < -0.4 is 0 Å². The molecule has 1 aromatic rings. The molecule has 0 saturated heterocycles. The van der Waals surface area contributed by atoms with Crippen molar-refractivity contribution in [1.29, 1.82) is 0 Å². The first-order valence-corrected chi connectivity index (χ1v) is 3.05. The zero-order valence-corrected chi connectivity index (χ0v) is 9.38. The third kappa shape index (κ3) is 1.89. The van der Waals surface area contributed by atoms with Crippen LogP contribution in [0.4, 0.5) is 0 Å². The van der Waals surface area contributed by atoms with Gasteiger partial charge in [-0.05, 0) is 11.1 Å². The maximum Gasteiger partial charge on any atom is 0.321 e. The van der Waals surface area contributed by atoms with Crippen molar-refractivity contribution in [3.8, 4) is 0 Å². The van der Waals surface area contributed by atoms with Crippen LogP contribution in [0.1, 0.15) is 20.7 Å². The molecule has 13 heavy (non-hydrogen) atoms. The van der Waals surface area contributed by atoms with E-state index in [1.165, 1.54) is 12.1 Å². The van der Waals surface area contributed by atoms with Gasteiger partial charge in [0, 0.05) is 29.5 Å². The molecule has 0 N–H and O–H groups in total. The summed E-state index contributed by atoms with van der Waals surface area (Å²) in [6.45, 7) is 0. The van der Waals surface area contributed by atoms with Crippen molar-refractivity contribution in [3.63, 3.8) is 0 Å². The second-order valence-corrected chi connectivity index (χ2v) is 2.15. The summed E-state index contributed by atoms with van der Waals surface area (Å²) >= 11 is 0. The molecule has 0 atom stereocenters. The Morgan fingerprint density at radius 2 is 1.77 bits per heavy atom. The maximum atomic E-state index is 10.8. The Morgan fingerprint density at radius 3 is 2.38 bits per heavy atom. The van der Waals surface area contributed by atoms with Crippen LogP contribution in [0, 0.1) is 6.07 Å². The first-order valence-electron chi connectivity index (χ1n) is 3.05. The van der Waals surface area contributed by atoms with Crippen LogP contribution in [0.25, 0.3) is 0 Å². The van der Waals surface area contributed by atoms with Gasteiger partial charge in [-0.15, -0.1) is 0 Å². The Bertz CT molecular complexity index is 318. The minimum atomic E-state index is -0.582. The van der Waals surface area contributed by atoms with Crippen molar-refractivity contribution >= 4 is 20.4 Å². The van der Waals surface area contributed by atoms with Gasteiger partial charge < -0.3 is 4.74 Å². The maximum absolute atomic E-state index is 10.8. The number of ether oxygens (including phenoxy) is 1. The second-order valence-electron chi connectivity index (χ2n) is 2.15. The van der Waals surface area contributed by atoms with Crippen LogP contribution in [-0.4, -0.2) is 20.4 Å².